The fourth-order valence-electron chi connectivity index (χ4n) is 3.80. The van der Waals surface area contributed by atoms with Crippen molar-refractivity contribution < 1.29 is 14.3 Å². The third kappa shape index (κ3) is 6.00. The smallest absolute Gasteiger partial charge is 0.318 e. The molecule has 1 aromatic carbocycles. The molecule has 0 unspecified atom stereocenters. The summed E-state index contributed by atoms with van der Waals surface area (Å²) < 4.78 is 6.08. The summed E-state index contributed by atoms with van der Waals surface area (Å²) in [6.45, 7) is 9.55. The van der Waals surface area contributed by atoms with E-state index in [0.29, 0.717) is 19.7 Å². The number of urea groups is 1. The van der Waals surface area contributed by atoms with Gasteiger partial charge in [0.2, 0.25) is 5.91 Å². The molecule has 1 aromatic heterocycles. The first-order valence-corrected chi connectivity index (χ1v) is 11.9. The number of nitrogens with zero attached hydrogens (tertiary/aromatic N) is 2. The Morgan fingerprint density at radius 1 is 1.26 bits per heavy atom. The van der Waals surface area contributed by atoms with E-state index in [1.807, 2.05) is 56.9 Å². The zero-order valence-electron chi connectivity index (χ0n) is 18.9. The van der Waals surface area contributed by atoms with Crippen LogP contribution in [-0.4, -0.2) is 54.0 Å². The zero-order chi connectivity index (χ0) is 22.4. The summed E-state index contributed by atoms with van der Waals surface area (Å²) in [4.78, 5) is 30.7. The Morgan fingerprint density at radius 2 is 2.00 bits per heavy atom. The van der Waals surface area contributed by atoms with Gasteiger partial charge in [0.25, 0.3) is 0 Å². The average Bonchev–Trinajstić information content (AvgIpc) is 3.21. The Morgan fingerprint density at radius 3 is 2.68 bits per heavy atom. The molecule has 0 radical (unpaired) electrons. The molecule has 0 fully saturated rings. The number of thiophene rings is 1. The maximum atomic E-state index is 13.3. The molecule has 2 aromatic rings. The van der Waals surface area contributed by atoms with Crippen molar-refractivity contribution >= 4 is 23.3 Å². The minimum absolute atomic E-state index is 0.0287. The second-order valence-electron chi connectivity index (χ2n) is 8.30. The molecule has 1 aliphatic rings. The molecule has 0 spiro atoms. The van der Waals surface area contributed by atoms with E-state index in [0.717, 1.165) is 24.2 Å². The SMILES string of the molecule is CCCN(CC(=O)N1CCc2sccc2[C@H]1COc1ccc(C)cc1)C(=O)NC(C)C. The molecular weight excluding hydrogens is 410 g/mol. The molecule has 6 nitrogen and oxygen atoms in total. The van der Waals surface area contributed by atoms with Gasteiger partial charge in [-0.25, -0.2) is 4.79 Å². The minimum atomic E-state index is -0.189. The van der Waals surface area contributed by atoms with Gasteiger partial charge < -0.3 is 19.9 Å². The average molecular weight is 444 g/mol. The van der Waals surface area contributed by atoms with Crippen molar-refractivity contribution in [1.29, 1.82) is 0 Å². The van der Waals surface area contributed by atoms with Gasteiger partial charge in [-0.2, -0.15) is 0 Å². The predicted octanol–water partition coefficient (Wildman–Crippen LogP) is 4.39. The van der Waals surface area contributed by atoms with E-state index in [9.17, 15) is 9.59 Å². The van der Waals surface area contributed by atoms with Crippen LogP contribution in [0.1, 0.15) is 49.2 Å². The van der Waals surface area contributed by atoms with Crippen molar-refractivity contribution in [1.82, 2.24) is 15.1 Å². The highest BCUT2D eigenvalue weighted by Gasteiger charge is 2.33. The van der Waals surface area contributed by atoms with E-state index in [-0.39, 0.29) is 30.6 Å². The lowest BCUT2D eigenvalue weighted by Gasteiger charge is -2.37. The second kappa shape index (κ2) is 10.7. The highest BCUT2D eigenvalue weighted by Crippen LogP contribution is 2.34. The third-order valence-corrected chi connectivity index (χ3v) is 6.36. The highest BCUT2D eigenvalue weighted by atomic mass is 32.1. The molecule has 3 rings (SSSR count). The molecule has 7 heteroatoms. The molecule has 31 heavy (non-hydrogen) atoms. The lowest BCUT2D eigenvalue weighted by atomic mass is 10.0. The van der Waals surface area contributed by atoms with Crippen LogP contribution in [0.25, 0.3) is 0 Å². The summed E-state index contributed by atoms with van der Waals surface area (Å²) in [6, 6.07) is 9.73. The van der Waals surface area contributed by atoms with Crippen LogP contribution in [0.2, 0.25) is 0 Å². The van der Waals surface area contributed by atoms with Crippen molar-refractivity contribution in [2.24, 2.45) is 0 Å². The molecule has 0 aliphatic carbocycles. The van der Waals surface area contributed by atoms with E-state index in [1.54, 1.807) is 16.2 Å². The van der Waals surface area contributed by atoms with Gasteiger partial charge >= 0.3 is 6.03 Å². The van der Waals surface area contributed by atoms with Gasteiger partial charge in [-0.1, -0.05) is 24.6 Å². The molecule has 1 N–H and O–H groups in total. The van der Waals surface area contributed by atoms with Crippen LogP contribution in [0.15, 0.2) is 35.7 Å². The highest BCUT2D eigenvalue weighted by molar-refractivity contribution is 7.10. The van der Waals surface area contributed by atoms with Crippen LogP contribution in [0.5, 0.6) is 5.75 Å². The summed E-state index contributed by atoms with van der Waals surface area (Å²) in [7, 11) is 0. The monoisotopic (exact) mass is 443 g/mol. The first-order valence-electron chi connectivity index (χ1n) is 11.0. The standard InChI is InChI=1S/C24H33N3O3S/c1-5-12-26(24(29)25-17(2)3)15-23(28)27-13-10-22-20(11-14-31-22)21(27)16-30-19-8-6-18(4)7-9-19/h6-9,11,14,17,21H,5,10,12-13,15-16H2,1-4H3,(H,25,29)/t21-/m1/s1. The first kappa shape index (κ1) is 23.1. The number of rotatable bonds is 8. The lowest BCUT2D eigenvalue weighted by Crippen LogP contribution is -2.50. The van der Waals surface area contributed by atoms with Crippen LogP contribution >= 0.6 is 11.3 Å². The van der Waals surface area contributed by atoms with E-state index >= 15 is 0 Å². The largest absolute Gasteiger partial charge is 0.491 e. The first-order chi connectivity index (χ1) is 14.9. The third-order valence-electron chi connectivity index (χ3n) is 5.36. The Kier molecular flexibility index (Phi) is 7.96. The molecule has 2 heterocycles. The van der Waals surface area contributed by atoms with Gasteiger partial charge in [0, 0.05) is 24.0 Å². The van der Waals surface area contributed by atoms with E-state index in [4.69, 9.17) is 4.74 Å². The Labute approximate surface area is 189 Å². The number of hydrogen-bond donors (Lipinski definition) is 1. The number of benzene rings is 1. The molecule has 0 bridgehead atoms. The van der Waals surface area contributed by atoms with E-state index < -0.39 is 0 Å². The van der Waals surface area contributed by atoms with Gasteiger partial charge in [0.15, 0.2) is 0 Å². The molecular formula is C24H33N3O3S. The van der Waals surface area contributed by atoms with Crippen LogP contribution in [-0.2, 0) is 11.2 Å². The number of nitrogens with one attached hydrogen (secondary N) is 1. The topological polar surface area (TPSA) is 61.9 Å². The Hall–Kier alpha value is -2.54. The van der Waals surface area contributed by atoms with Crippen LogP contribution < -0.4 is 10.1 Å². The van der Waals surface area contributed by atoms with Crippen LogP contribution in [0, 0.1) is 6.92 Å². The predicted molar refractivity (Wildman–Crippen MR) is 125 cm³/mol. The van der Waals surface area contributed by atoms with Gasteiger partial charge in [0.1, 0.15) is 18.9 Å². The molecule has 1 atom stereocenters. The zero-order valence-corrected chi connectivity index (χ0v) is 19.7. The quantitative estimate of drug-likeness (QED) is 0.658. The fourth-order valence-corrected chi connectivity index (χ4v) is 4.73. The Balaban J connectivity index is 1.74. The Bertz CT molecular complexity index is 878. The molecule has 168 valence electrons. The summed E-state index contributed by atoms with van der Waals surface area (Å²) >= 11 is 1.73. The summed E-state index contributed by atoms with van der Waals surface area (Å²) in [5.74, 6) is 0.756. The molecule has 3 amide bonds. The van der Waals surface area contributed by atoms with Crippen molar-refractivity contribution in [3.63, 3.8) is 0 Å². The maximum Gasteiger partial charge on any atom is 0.318 e. The number of carbonyl (C=O) groups is 2. The van der Waals surface area contributed by atoms with Crippen LogP contribution in [0.4, 0.5) is 4.79 Å². The van der Waals surface area contributed by atoms with Crippen molar-refractivity contribution in [2.75, 3.05) is 26.2 Å². The number of hydrogen-bond acceptors (Lipinski definition) is 4. The van der Waals surface area contributed by atoms with Crippen molar-refractivity contribution in [2.45, 2.75) is 52.6 Å². The summed E-state index contributed by atoms with van der Waals surface area (Å²) in [5, 5.41) is 4.98. The number of carbonyl (C=O) groups excluding carboxylic acids is 2. The number of aryl methyl sites for hydroxylation is 1. The van der Waals surface area contributed by atoms with Gasteiger partial charge in [-0.15, -0.1) is 11.3 Å². The maximum absolute atomic E-state index is 13.3. The minimum Gasteiger partial charge on any atom is -0.491 e. The normalized spacial score (nSPS) is 15.5. The van der Waals surface area contributed by atoms with Gasteiger partial charge in [0.05, 0.1) is 6.04 Å². The molecule has 0 saturated carbocycles. The van der Waals surface area contributed by atoms with Crippen LogP contribution in [0.3, 0.4) is 0 Å². The number of ether oxygens (including phenoxy) is 1. The van der Waals surface area contributed by atoms with Gasteiger partial charge in [-0.05, 0) is 62.8 Å². The second-order valence-corrected chi connectivity index (χ2v) is 9.30. The fraction of sp³-hybridized carbons (Fsp3) is 0.500. The van der Waals surface area contributed by atoms with Crippen molar-refractivity contribution in [3.05, 3.63) is 51.7 Å². The lowest BCUT2D eigenvalue weighted by molar-refractivity contribution is -0.135. The molecule has 0 saturated heterocycles. The number of amides is 3. The van der Waals surface area contributed by atoms with E-state index in [1.165, 1.54) is 10.4 Å². The van der Waals surface area contributed by atoms with Crippen molar-refractivity contribution in [3.8, 4) is 5.75 Å². The van der Waals surface area contributed by atoms with E-state index in [2.05, 4.69) is 16.8 Å². The van der Waals surface area contributed by atoms with Gasteiger partial charge in [-0.3, -0.25) is 4.79 Å². The molecule has 1 aliphatic heterocycles. The number of fused-ring (bicyclic) bond motifs is 1. The summed E-state index contributed by atoms with van der Waals surface area (Å²) in [6.07, 6.45) is 1.64. The summed E-state index contributed by atoms with van der Waals surface area (Å²) in [5.41, 5.74) is 2.34.